The number of halogens is 1. The van der Waals surface area contributed by atoms with Crippen LogP contribution in [0.2, 0.25) is 0 Å². The zero-order valence-electron chi connectivity index (χ0n) is 12.2. The minimum Gasteiger partial charge on any atom is -0.351 e. The third-order valence-corrected chi connectivity index (χ3v) is 4.28. The third kappa shape index (κ3) is 4.60. The molecule has 4 heteroatoms. The lowest BCUT2D eigenvalue weighted by Crippen LogP contribution is -2.25. The van der Waals surface area contributed by atoms with E-state index in [-0.39, 0.29) is 18.3 Å². The summed E-state index contributed by atoms with van der Waals surface area (Å²) in [6.45, 7) is 4.33. The molecule has 2 rings (SSSR count). The molecule has 0 radical (unpaired) electrons. The SMILES string of the molecule is Cc1ccc(SCC(=O)NCc2ccccc2F)cc1C. The molecule has 21 heavy (non-hydrogen) atoms. The van der Waals surface area contributed by atoms with Crippen molar-refractivity contribution >= 4 is 17.7 Å². The average Bonchev–Trinajstić information content (AvgIpc) is 2.47. The van der Waals surface area contributed by atoms with Crippen LogP contribution in [0.25, 0.3) is 0 Å². The van der Waals surface area contributed by atoms with Gasteiger partial charge in [-0.1, -0.05) is 24.3 Å². The van der Waals surface area contributed by atoms with Crippen molar-refractivity contribution in [1.82, 2.24) is 5.32 Å². The molecule has 0 spiro atoms. The summed E-state index contributed by atoms with van der Waals surface area (Å²) in [4.78, 5) is 12.9. The van der Waals surface area contributed by atoms with Crippen LogP contribution in [0, 0.1) is 19.7 Å². The number of amides is 1. The largest absolute Gasteiger partial charge is 0.351 e. The predicted molar refractivity (Wildman–Crippen MR) is 84.9 cm³/mol. The fourth-order valence-corrected chi connectivity index (χ4v) is 2.66. The van der Waals surface area contributed by atoms with Crippen molar-refractivity contribution in [2.75, 3.05) is 5.75 Å². The molecule has 0 aliphatic rings. The van der Waals surface area contributed by atoms with Gasteiger partial charge in [0.25, 0.3) is 0 Å². The number of rotatable bonds is 5. The van der Waals surface area contributed by atoms with Crippen molar-refractivity contribution in [3.05, 3.63) is 65.0 Å². The number of nitrogens with one attached hydrogen (secondary N) is 1. The minimum absolute atomic E-state index is 0.0959. The van der Waals surface area contributed by atoms with Gasteiger partial charge in [0.1, 0.15) is 5.82 Å². The van der Waals surface area contributed by atoms with Crippen molar-refractivity contribution in [3.8, 4) is 0 Å². The van der Waals surface area contributed by atoms with E-state index in [1.54, 1.807) is 18.2 Å². The molecule has 2 aromatic carbocycles. The summed E-state index contributed by atoms with van der Waals surface area (Å²) in [5.74, 6) is -0.0576. The summed E-state index contributed by atoms with van der Waals surface area (Å²) >= 11 is 1.48. The standard InChI is InChI=1S/C17H18FNOS/c1-12-7-8-15(9-13(12)2)21-11-17(20)19-10-14-5-3-4-6-16(14)18/h3-9H,10-11H2,1-2H3,(H,19,20). The number of carbonyl (C=O) groups is 1. The van der Waals surface area contributed by atoms with Gasteiger partial charge in [-0.3, -0.25) is 4.79 Å². The zero-order valence-corrected chi connectivity index (χ0v) is 13.0. The van der Waals surface area contributed by atoms with E-state index in [2.05, 4.69) is 31.3 Å². The second-order valence-corrected chi connectivity index (χ2v) is 5.95. The highest BCUT2D eigenvalue weighted by atomic mass is 32.2. The molecular formula is C17H18FNOS. The van der Waals surface area contributed by atoms with E-state index in [1.807, 2.05) is 6.07 Å². The van der Waals surface area contributed by atoms with Crippen molar-refractivity contribution in [3.63, 3.8) is 0 Å². The lowest BCUT2D eigenvalue weighted by atomic mass is 10.1. The topological polar surface area (TPSA) is 29.1 Å². The summed E-state index contributed by atoms with van der Waals surface area (Å²) in [5, 5.41) is 2.74. The van der Waals surface area contributed by atoms with E-state index in [0.29, 0.717) is 11.3 Å². The molecule has 2 nitrogen and oxygen atoms in total. The summed E-state index contributed by atoms with van der Waals surface area (Å²) in [6, 6.07) is 12.6. The van der Waals surface area contributed by atoms with E-state index >= 15 is 0 Å². The van der Waals surface area contributed by atoms with Crippen LogP contribution in [-0.2, 0) is 11.3 Å². The Balaban J connectivity index is 1.82. The van der Waals surface area contributed by atoms with Gasteiger partial charge >= 0.3 is 0 Å². The van der Waals surface area contributed by atoms with Gasteiger partial charge < -0.3 is 5.32 Å². The first-order valence-corrected chi connectivity index (χ1v) is 7.75. The summed E-state index contributed by atoms with van der Waals surface area (Å²) in [6.07, 6.45) is 0. The molecule has 0 aliphatic carbocycles. The molecule has 1 amide bonds. The molecule has 0 aliphatic heterocycles. The number of aryl methyl sites for hydroxylation is 2. The van der Waals surface area contributed by atoms with Crippen LogP contribution in [-0.4, -0.2) is 11.7 Å². The maximum atomic E-state index is 13.4. The van der Waals surface area contributed by atoms with E-state index in [4.69, 9.17) is 0 Å². The first kappa shape index (κ1) is 15.6. The fourth-order valence-electron chi connectivity index (χ4n) is 1.84. The highest BCUT2D eigenvalue weighted by molar-refractivity contribution is 8.00. The Morgan fingerprint density at radius 1 is 1.14 bits per heavy atom. The maximum Gasteiger partial charge on any atom is 0.230 e. The van der Waals surface area contributed by atoms with Crippen molar-refractivity contribution in [1.29, 1.82) is 0 Å². The summed E-state index contributed by atoms with van der Waals surface area (Å²) in [5.41, 5.74) is 2.96. The van der Waals surface area contributed by atoms with Crippen molar-refractivity contribution in [2.45, 2.75) is 25.3 Å². The highest BCUT2D eigenvalue weighted by Crippen LogP contribution is 2.20. The molecule has 0 atom stereocenters. The number of benzene rings is 2. The quantitative estimate of drug-likeness (QED) is 0.850. The Kier molecular flexibility index (Phi) is 5.39. The van der Waals surface area contributed by atoms with E-state index in [0.717, 1.165) is 4.90 Å². The molecule has 0 aromatic heterocycles. The van der Waals surface area contributed by atoms with Crippen LogP contribution in [0.4, 0.5) is 4.39 Å². The van der Waals surface area contributed by atoms with Gasteiger partial charge in [-0.2, -0.15) is 0 Å². The van der Waals surface area contributed by atoms with Gasteiger partial charge in [-0.25, -0.2) is 4.39 Å². The monoisotopic (exact) mass is 303 g/mol. The highest BCUT2D eigenvalue weighted by Gasteiger charge is 2.06. The van der Waals surface area contributed by atoms with Gasteiger partial charge in [-0.05, 0) is 43.2 Å². The molecule has 1 N–H and O–H groups in total. The third-order valence-electron chi connectivity index (χ3n) is 3.28. The maximum absolute atomic E-state index is 13.4. The molecular weight excluding hydrogens is 285 g/mol. The van der Waals surface area contributed by atoms with Crippen molar-refractivity contribution < 1.29 is 9.18 Å². The van der Waals surface area contributed by atoms with Crippen LogP contribution < -0.4 is 5.32 Å². The smallest absolute Gasteiger partial charge is 0.230 e. The molecule has 0 saturated heterocycles. The lowest BCUT2D eigenvalue weighted by molar-refractivity contribution is -0.118. The van der Waals surface area contributed by atoms with E-state index < -0.39 is 0 Å². The molecule has 110 valence electrons. The van der Waals surface area contributed by atoms with E-state index in [9.17, 15) is 9.18 Å². The van der Waals surface area contributed by atoms with Crippen LogP contribution >= 0.6 is 11.8 Å². The first-order chi connectivity index (χ1) is 10.1. The summed E-state index contributed by atoms with van der Waals surface area (Å²) in [7, 11) is 0. The van der Waals surface area contributed by atoms with Crippen LogP contribution in [0.5, 0.6) is 0 Å². The molecule has 0 fully saturated rings. The second-order valence-electron chi connectivity index (χ2n) is 4.90. The molecule has 2 aromatic rings. The Morgan fingerprint density at radius 3 is 2.62 bits per heavy atom. The first-order valence-electron chi connectivity index (χ1n) is 6.76. The Bertz CT molecular complexity index is 642. The molecule has 0 unspecified atom stereocenters. The number of thioether (sulfide) groups is 1. The Hall–Kier alpha value is -1.81. The molecule has 0 saturated carbocycles. The van der Waals surface area contributed by atoms with Gasteiger partial charge in [0.2, 0.25) is 5.91 Å². The van der Waals surface area contributed by atoms with Gasteiger partial charge in [0, 0.05) is 17.0 Å². The fraction of sp³-hybridized carbons (Fsp3) is 0.235. The molecule has 0 heterocycles. The average molecular weight is 303 g/mol. The number of hydrogen-bond acceptors (Lipinski definition) is 2. The van der Waals surface area contributed by atoms with Gasteiger partial charge in [0.15, 0.2) is 0 Å². The number of hydrogen-bond donors (Lipinski definition) is 1. The van der Waals surface area contributed by atoms with Crippen LogP contribution in [0.1, 0.15) is 16.7 Å². The van der Waals surface area contributed by atoms with Crippen LogP contribution in [0.3, 0.4) is 0 Å². The lowest BCUT2D eigenvalue weighted by Gasteiger charge is -2.07. The number of carbonyl (C=O) groups excluding carboxylic acids is 1. The van der Waals surface area contributed by atoms with Gasteiger partial charge in [-0.15, -0.1) is 11.8 Å². The summed E-state index contributed by atoms with van der Waals surface area (Å²) < 4.78 is 13.4. The minimum atomic E-state index is -0.292. The second kappa shape index (κ2) is 7.27. The Labute approximate surface area is 128 Å². The molecule has 0 bridgehead atoms. The normalized spacial score (nSPS) is 10.4. The predicted octanol–water partition coefficient (Wildman–Crippen LogP) is 3.85. The van der Waals surface area contributed by atoms with E-state index in [1.165, 1.54) is 29.0 Å². The van der Waals surface area contributed by atoms with Gasteiger partial charge in [0.05, 0.1) is 5.75 Å². The Morgan fingerprint density at radius 2 is 1.90 bits per heavy atom. The van der Waals surface area contributed by atoms with Crippen molar-refractivity contribution in [2.24, 2.45) is 0 Å². The zero-order chi connectivity index (χ0) is 15.2. The van der Waals surface area contributed by atoms with Crippen LogP contribution in [0.15, 0.2) is 47.4 Å².